The molecule has 0 bridgehead atoms. The lowest BCUT2D eigenvalue weighted by Crippen LogP contribution is -2.25. The third kappa shape index (κ3) is 5.81. The smallest absolute Gasteiger partial charge is 0.243 e. The molecule has 1 heterocycles. The van der Waals surface area contributed by atoms with E-state index in [4.69, 9.17) is 5.84 Å². The number of rotatable bonds is 10. The SMILES string of the molecule is CCCCCCCCNS(=O)(=O)c1cnc(NN)nc1. The molecule has 0 amide bonds. The Balaban J connectivity index is 2.33. The molecule has 0 unspecified atom stereocenters. The molecule has 4 N–H and O–H groups in total. The van der Waals surface area contributed by atoms with Crippen LogP contribution < -0.4 is 16.0 Å². The van der Waals surface area contributed by atoms with Gasteiger partial charge in [0.05, 0.1) is 12.4 Å². The third-order valence-corrected chi connectivity index (χ3v) is 4.31. The zero-order valence-corrected chi connectivity index (χ0v) is 12.6. The molecule has 1 rings (SSSR count). The predicted molar refractivity (Wildman–Crippen MR) is 78.4 cm³/mol. The van der Waals surface area contributed by atoms with Gasteiger partial charge in [-0.1, -0.05) is 39.0 Å². The average Bonchev–Trinajstić information content (AvgIpc) is 2.46. The molecule has 0 saturated heterocycles. The number of aromatic nitrogens is 2. The van der Waals surface area contributed by atoms with Gasteiger partial charge in [0.1, 0.15) is 4.90 Å². The van der Waals surface area contributed by atoms with E-state index in [0.29, 0.717) is 6.54 Å². The quantitative estimate of drug-likeness (QED) is 0.342. The number of nitrogen functional groups attached to an aromatic ring is 1. The highest BCUT2D eigenvalue weighted by atomic mass is 32.2. The lowest BCUT2D eigenvalue weighted by molar-refractivity contribution is 0.567. The number of hydrogen-bond acceptors (Lipinski definition) is 6. The number of nitrogens with two attached hydrogens (primary N) is 1. The first kappa shape index (κ1) is 16.8. The second-order valence-corrected chi connectivity index (χ2v) is 6.32. The summed E-state index contributed by atoms with van der Waals surface area (Å²) in [6.07, 6.45) is 9.14. The molecule has 0 aliphatic rings. The van der Waals surface area contributed by atoms with Gasteiger partial charge < -0.3 is 0 Å². The topological polar surface area (TPSA) is 110 Å². The highest BCUT2D eigenvalue weighted by Crippen LogP contribution is 2.08. The van der Waals surface area contributed by atoms with Crippen LogP contribution in [0.15, 0.2) is 17.3 Å². The van der Waals surface area contributed by atoms with Gasteiger partial charge in [0.15, 0.2) is 0 Å². The van der Waals surface area contributed by atoms with Gasteiger partial charge in [-0.25, -0.2) is 29.0 Å². The largest absolute Gasteiger partial charge is 0.292 e. The second-order valence-electron chi connectivity index (χ2n) is 4.55. The van der Waals surface area contributed by atoms with Crippen molar-refractivity contribution in [1.82, 2.24) is 14.7 Å². The maximum Gasteiger partial charge on any atom is 0.243 e. The fourth-order valence-corrected chi connectivity index (χ4v) is 2.69. The van der Waals surface area contributed by atoms with E-state index in [9.17, 15) is 8.42 Å². The predicted octanol–water partition coefficient (Wildman–Crippen LogP) is 1.40. The standard InChI is InChI=1S/C12H23N5O2S/c1-2-3-4-5-6-7-8-16-20(18,19)11-9-14-12(17-13)15-10-11/h9-10,16H,2-8,13H2,1H3,(H,14,15,17). The molecule has 0 saturated carbocycles. The Morgan fingerprint density at radius 2 is 1.70 bits per heavy atom. The molecule has 1 aromatic rings. The third-order valence-electron chi connectivity index (χ3n) is 2.89. The first-order chi connectivity index (χ1) is 9.60. The maximum absolute atomic E-state index is 11.9. The molecule has 0 aliphatic heterocycles. The Morgan fingerprint density at radius 1 is 1.10 bits per heavy atom. The molecule has 0 aliphatic carbocycles. The lowest BCUT2D eigenvalue weighted by atomic mass is 10.1. The summed E-state index contributed by atoms with van der Waals surface area (Å²) in [5.74, 6) is 5.30. The fourth-order valence-electron chi connectivity index (χ4n) is 1.72. The molecule has 114 valence electrons. The van der Waals surface area contributed by atoms with Gasteiger partial charge in [0.2, 0.25) is 16.0 Å². The Bertz CT molecular complexity index is 475. The Labute approximate surface area is 120 Å². The number of anilines is 1. The van der Waals surface area contributed by atoms with E-state index in [0.717, 1.165) is 19.3 Å². The van der Waals surface area contributed by atoms with Crippen molar-refractivity contribution in [3.63, 3.8) is 0 Å². The highest BCUT2D eigenvalue weighted by molar-refractivity contribution is 7.89. The van der Waals surface area contributed by atoms with E-state index in [1.165, 1.54) is 31.7 Å². The van der Waals surface area contributed by atoms with Crippen LogP contribution in [-0.2, 0) is 10.0 Å². The van der Waals surface area contributed by atoms with E-state index in [2.05, 4.69) is 27.0 Å². The van der Waals surface area contributed by atoms with Crippen LogP contribution in [0.4, 0.5) is 5.95 Å². The average molecular weight is 301 g/mol. The summed E-state index contributed by atoms with van der Waals surface area (Å²) in [6, 6.07) is 0. The van der Waals surface area contributed by atoms with Gasteiger partial charge in [0.25, 0.3) is 0 Å². The molecule has 0 fully saturated rings. The summed E-state index contributed by atoms with van der Waals surface area (Å²) >= 11 is 0. The highest BCUT2D eigenvalue weighted by Gasteiger charge is 2.14. The minimum absolute atomic E-state index is 0.0440. The van der Waals surface area contributed by atoms with Gasteiger partial charge in [-0.05, 0) is 6.42 Å². The molecule has 8 heteroatoms. The van der Waals surface area contributed by atoms with Crippen LogP contribution in [0, 0.1) is 0 Å². The van der Waals surface area contributed by atoms with E-state index in [1.54, 1.807) is 0 Å². The zero-order valence-electron chi connectivity index (χ0n) is 11.8. The summed E-state index contributed by atoms with van der Waals surface area (Å²) in [7, 11) is -3.53. The van der Waals surface area contributed by atoms with E-state index >= 15 is 0 Å². The molecule has 7 nitrogen and oxygen atoms in total. The first-order valence-electron chi connectivity index (χ1n) is 6.88. The fraction of sp³-hybridized carbons (Fsp3) is 0.667. The molecular formula is C12H23N5O2S. The number of sulfonamides is 1. The van der Waals surface area contributed by atoms with Gasteiger partial charge in [-0.3, -0.25) is 5.43 Å². The van der Waals surface area contributed by atoms with Crippen LogP contribution in [0.2, 0.25) is 0 Å². The van der Waals surface area contributed by atoms with Crippen LogP contribution in [0.3, 0.4) is 0 Å². The number of nitrogens with one attached hydrogen (secondary N) is 2. The maximum atomic E-state index is 11.9. The van der Waals surface area contributed by atoms with Crippen molar-refractivity contribution >= 4 is 16.0 Å². The van der Waals surface area contributed by atoms with Crippen LogP contribution in [-0.4, -0.2) is 24.9 Å². The first-order valence-corrected chi connectivity index (χ1v) is 8.37. The molecule has 1 aromatic heterocycles. The molecule has 0 aromatic carbocycles. The summed E-state index contributed by atoms with van der Waals surface area (Å²) < 4.78 is 26.4. The van der Waals surface area contributed by atoms with Crippen molar-refractivity contribution in [2.45, 2.75) is 50.3 Å². The number of nitrogens with zero attached hydrogens (tertiary/aromatic N) is 2. The van der Waals surface area contributed by atoms with Gasteiger partial charge in [-0.15, -0.1) is 0 Å². The van der Waals surface area contributed by atoms with Crippen molar-refractivity contribution in [3.05, 3.63) is 12.4 Å². The van der Waals surface area contributed by atoms with Crippen molar-refractivity contribution in [3.8, 4) is 0 Å². The number of hydrazine groups is 1. The minimum Gasteiger partial charge on any atom is -0.292 e. The van der Waals surface area contributed by atoms with Crippen LogP contribution in [0.25, 0.3) is 0 Å². The normalized spacial score (nSPS) is 11.5. The summed E-state index contributed by atoms with van der Waals surface area (Å²) in [4.78, 5) is 7.59. The van der Waals surface area contributed by atoms with Crippen LogP contribution in [0.5, 0.6) is 0 Å². The number of unbranched alkanes of at least 4 members (excludes halogenated alkanes) is 5. The van der Waals surface area contributed by atoms with Crippen LogP contribution in [0.1, 0.15) is 45.4 Å². The molecular weight excluding hydrogens is 278 g/mol. The summed E-state index contributed by atoms with van der Waals surface area (Å²) in [5, 5.41) is 0. The van der Waals surface area contributed by atoms with E-state index < -0.39 is 10.0 Å². The Hall–Kier alpha value is -1.25. The monoisotopic (exact) mass is 301 g/mol. The van der Waals surface area contributed by atoms with E-state index in [-0.39, 0.29) is 10.8 Å². The van der Waals surface area contributed by atoms with Crippen molar-refractivity contribution < 1.29 is 8.42 Å². The summed E-state index contributed by atoms with van der Waals surface area (Å²) in [5.41, 5.74) is 2.24. The van der Waals surface area contributed by atoms with Gasteiger partial charge in [0, 0.05) is 6.54 Å². The lowest BCUT2D eigenvalue weighted by Gasteiger charge is -2.06. The Kier molecular flexibility index (Phi) is 7.42. The van der Waals surface area contributed by atoms with Gasteiger partial charge >= 0.3 is 0 Å². The second kappa shape index (κ2) is 8.83. The summed E-state index contributed by atoms with van der Waals surface area (Å²) in [6.45, 7) is 2.60. The number of hydrogen-bond donors (Lipinski definition) is 3. The van der Waals surface area contributed by atoms with Crippen molar-refractivity contribution in [2.75, 3.05) is 12.0 Å². The zero-order chi connectivity index (χ0) is 14.8. The molecule has 0 spiro atoms. The Morgan fingerprint density at radius 3 is 2.30 bits per heavy atom. The molecule has 20 heavy (non-hydrogen) atoms. The van der Waals surface area contributed by atoms with Crippen LogP contribution >= 0.6 is 0 Å². The van der Waals surface area contributed by atoms with Crippen molar-refractivity contribution in [1.29, 1.82) is 0 Å². The molecule has 0 atom stereocenters. The molecule has 0 radical (unpaired) electrons. The van der Waals surface area contributed by atoms with Gasteiger partial charge in [-0.2, -0.15) is 0 Å². The van der Waals surface area contributed by atoms with E-state index in [1.807, 2.05) is 0 Å². The van der Waals surface area contributed by atoms with Crippen molar-refractivity contribution in [2.24, 2.45) is 5.84 Å². The minimum atomic E-state index is -3.53.